The standard InChI is InChI=1S/C21H23BrN2O4/c1-27-18-5-2-3-6-19(18)28-15-20(25)23-11-4-12-24(14-13-23)21(26)16-7-9-17(22)10-8-16/h2-3,5-10H,4,11-15H2,1H3. The van der Waals surface area contributed by atoms with Crippen molar-refractivity contribution in [3.63, 3.8) is 0 Å². The van der Waals surface area contributed by atoms with E-state index in [1.54, 1.807) is 41.2 Å². The average Bonchev–Trinajstić information content (AvgIpc) is 2.98. The first kappa shape index (κ1) is 20.2. The summed E-state index contributed by atoms with van der Waals surface area (Å²) in [5.41, 5.74) is 0.655. The monoisotopic (exact) mass is 446 g/mol. The van der Waals surface area contributed by atoms with Crippen LogP contribution in [0.5, 0.6) is 11.5 Å². The Kier molecular flexibility index (Phi) is 6.92. The molecule has 6 nitrogen and oxygen atoms in total. The van der Waals surface area contributed by atoms with Crippen molar-refractivity contribution in [3.8, 4) is 11.5 Å². The van der Waals surface area contributed by atoms with Crippen LogP contribution in [0.4, 0.5) is 0 Å². The third-order valence-corrected chi connectivity index (χ3v) is 5.18. The summed E-state index contributed by atoms with van der Waals surface area (Å²) in [7, 11) is 1.57. The molecule has 1 aliphatic rings. The predicted octanol–water partition coefficient (Wildman–Crippen LogP) is 3.21. The number of ether oxygens (including phenoxy) is 2. The molecule has 0 bridgehead atoms. The number of amides is 2. The first-order valence-electron chi connectivity index (χ1n) is 9.17. The van der Waals surface area contributed by atoms with E-state index >= 15 is 0 Å². The molecule has 1 aliphatic heterocycles. The van der Waals surface area contributed by atoms with Gasteiger partial charge in [0, 0.05) is 36.2 Å². The molecule has 0 atom stereocenters. The van der Waals surface area contributed by atoms with Crippen molar-refractivity contribution in [1.29, 1.82) is 0 Å². The molecule has 2 aromatic carbocycles. The molecule has 0 radical (unpaired) electrons. The lowest BCUT2D eigenvalue weighted by molar-refractivity contribution is -0.133. The van der Waals surface area contributed by atoms with Gasteiger partial charge in [-0.15, -0.1) is 0 Å². The lowest BCUT2D eigenvalue weighted by atomic mass is 10.2. The van der Waals surface area contributed by atoms with Gasteiger partial charge in [-0.3, -0.25) is 9.59 Å². The van der Waals surface area contributed by atoms with Crippen molar-refractivity contribution in [1.82, 2.24) is 9.80 Å². The van der Waals surface area contributed by atoms with Gasteiger partial charge < -0.3 is 19.3 Å². The van der Waals surface area contributed by atoms with Crippen molar-refractivity contribution in [2.75, 3.05) is 39.9 Å². The highest BCUT2D eigenvalue weighted by molar-refractivity contribution is 9.10. The van der Waals surface area contributed by atoms with Crippen LogP contribution in [0.1, 0.15) is 16.8 Å². The van der Waals surface area contributed by atoms with Crippen LogP contribution in [0.3, 0.4) is 0 Å². The van der Waals surface area contributed by atoms with Gasteiger partial charge >= 0.3 is 0 Å². The van der Waals surface area contributed by atoms with Gasteiger partial charge in [0.05, 0.1) is 7.11 Å². The highest BCUT2D eigenvalue weighted by Gasteiger charge is 2.23. The first-order chi connectivity index (χ1) is 13.6. The Morgan fingerprint density at radius 3 is 2.29 bits per heavy atom. The fourth-order valence-electron chi connectivity index (χ4n) is 3.11. The number of hydrogen-bond acceptors (Lipinski definition) is 4. The average molecular weight is 447 g/mol. The maximum Gasteiger partial charge on any atom is 0.260 e. The number of nitrogens with zero attached hydrogens (tertiary/aromatic N) is 2. The minimum Gasteiger partial charge on any atom is -0.493 e. The second-order valence-electron chi connectivity index (χ2n) is 6.47. The molecular weight excluding hydrogens is 424 g/mol. The molecule has 3 rings (SSSR count). The molecule has 0 N–H and O–H groups in total. The molecule has 0 aromatic heterocycles. The van der Waals surface area contributed by atoms with E-state index in [0.29, 0.717) is 43.2 Å². The molecule has 148 valence electrons. The van der Waals surface area contributed by atoms with E-state index in [1.807, 2.05) is 24.3 Å². The topological polar surface area (TPSA) is 59.1 Å². The van der Waals surface area contributed by atoms with E-state index in [4.69, 9.17) is 9.47 Å². The summed E-state index contributed by atoms with van der Waals surface area (Å²) in [6.45, 7) is 2.19. The largest absolute Gasteiger partial charge is 0.493 e. The van der Waals surface area contributed by atoms with E-state index in [9.17, 15) is 9.59 Å². The molecule has 2 aromatic rings. The number of halogens is 1. The van der Waals surface area contributed by atoms with Gasteiger partial charge in [0.25, 0.3) is 11.8 Å². The minimum absolute atomic E-state index is 0.00734. The van der Waals surface area contributed by atoms with Gasteiger partial charge in [-0.25, -0.2) is 0 Å². The maximum atomic E-state index is 12.7. The normalized spacial score (nSPS) is 14.4. The lowest BCUT2D eigenvalue weighted by Crippen LogP contribution is -2.39. The fourth-order valence-corrected chi connectivity index (χ4v) is 3.38. The Morgan fingerprint density at radius 2 is 1.57 bits per heavy atom. The highest BCUT2D eigenvalue weighted by atomic mass is 79.9. The number of para-hydroxylation sites is 2. The highest BCUT2D eigenvalue weighted by Crippen LogP contribution is 2.25. The van der Waals surface area contributed by atoms with Gasteiger partial charge in [-0.1, -0.05) is 28.1 Å². The van der Waals surface area contributed by atoms with Gasteiger partial charge in [-0.2, -0.15) is 0 Å². The number of carbonyl (C=O) groups excluding carboxylic acids is 2. The number of hydrogen-bond donors (Lipinski definition) is 0. The van der Waals surface area contributed by atoms with Gasteiger partial charge in [-0.05, 0) is 42.8 Å². The number of rotatable bonds is 5. The summed E-state index contributed by atoms with van der Waals surface area (Å²) in [5.74, 6) is 1.04. The van der Waals surface area contributed by atoms with E-state index < -0.39 is 0 Å². The van der Waals surface area contributed by atoms with Crippen molar-refractivity contribution in [3.05, 3.63) is 58.6 Å². The van der Waals surface area contributed by atoms with Crippen LogP contribution >= 0.6 is 15.9 Å². The Labute approximate surface area is 173 Å². The number of methoxy groups -OCH3 is 1. The van der Waals surface area contributed by atoms with Crippen LogP contribution in [0.2, 0.25) is 0 Å². The van der Waals surface area contributed by atoms with Crippen LogP contribution in [0, 0.1) is 0 Å². The second kappa shape index (κ2) is 9.59. The quantitative estimate of drug-likeness (QED) is 0.707. The van der Waals surface area contributed by atoms with Crippen molar-refractivity contribution >= 4 is 27.7 Å². The molecule has 1 fully saturated rings. The van der Waals surface area contributed by atoms with Crippen LogP contribution < -0.4 is 9.47 Å². The summed E-state index contributed by atoms with van der Waals surface area (Å²) < 4.78 is 11.8. The summed E-state index contributed by atoms with van der Waals surface area (Å²) in [6.07, 6.45) is 0.739. The summed E-state index contributed by atoms with van der Waals surface area (Å²) >= 11 is 3.38. The maximum absolute atomic E-state index is 12.7. The fraction of sp³-hybridized carbons (Fsp3) is 0.333. The second-order valence-corrected chi connectivity index (χ2v) is 7.39. The Morgan fingerprint density at radius 1 is 0.929 bits per heavy atom. The SMILES string of the molecule is COc1ccccc1OCC(=O)N1CCCN(C(=O)c2ccc(Br)cc2)CC1. The van der Waals surface area contributed by atoms with Gasteiger partial charge in [0.1, 0.15) is 0 Å². The summed E-state index contributed by atoms with van der Waals surface area (Å²) in [4.78, 5) is 28.8. The first-order valence-corrected chi connectivity index (χ1v) is 9.96. The smallest absolute Gasteiger partial charge is 0.260 e. The Hall–Kier alpha value is -2.54. The molecule has 0 spiro atoms. The molecule has 1 saturated heterocycles. The molecule has 0 aliphatic carbocycles. The Balaban J connectivity index is 1.55. The molecule has 7 heteroatoms. The molecule has 2 amide bonds. The third kappa shape index (κ3) is 5.04. The van der Waals surface area contributed by atoms with E-state index in [2.05, 4.69) is 15.9 Å². The third-order valence-electron chi connectivity index (χ3n) is 4.65. The molecule has 0 unspecified atom stereocenters. The van der Waals surface area contributed by atoms with Gasteiger partial charge in [0.2, 0.25) is 0 Å². The van der Waals surface area contributed by atoms with E-state index in [0.717, 1.165) is 10.9 Å². The number of carbonyl (C=O) groups is 2. The molecule has 0 saturated carbocycles. The predicted molar refractivity (Wildman–Crippen MR) is 110 cm³/mol. The zero-order valence-electron chi connectivity index (χ0n) is 15.8. The van der Waals surface area contributed by atoms with Gasteiger partial charge in [0.15, 0.2) is 18.1 Å². The summed E-state index contributed by atoms with van der Waals surface area (Å²) in [6, 6.07) is 14.6. The number of benzene rings is 2. The Bertz CT molecular complexity index is 825. The van der Waals surface area contributed by atoms with Crippen molar-refractivity contribution < 1.29 is 19.1 Å². The van der Waals surface area contributed by atoms with Crippen LogP contribution in [0.15, 0.2) is 53.0 Å². The van der Waals surface area contributed by atoms with Crippen molar-refractivity contribution in [2.45, 2.75) is 6.42 Å². The molecule has 28 heavy (non-hydrogen) atoms. The minimum atomic E-state index is -0.0937. The van der Waals surface area contributed by atoms with Crippen LogP contribution in [-0.2, 0) is 4.79 Å². The zero-order chi connectivity index (χ0) is 19.9. The van der Waals surface area contributed by atoms with Crippen LogP contribution in [-0.4, -0.2) is 61.5 Å². The van der Waals surface area contributed by atoms with Crippen molar-refractivity contribution in [2.24, 2.45) is 0 Å². The summed E-state index contributed by atoms with van der Waals surface area (Å²) in [5, 5.41) is 0. The molecular formula is C21H23BrN2O4. The van der Waals surface area contributed by atoms with E-state index in [1.165, 1.54) is 0 Å². The lowest BCUT2D eigenvalue weighted by Gasteiger charge is -2.22. The van der Waals surface area contributed by atoms with E-state index in [-0.39, 0.29) is 18.4 Å². The van der Waals surface area contributed by atoms with Crippen LogP contribution in [0.25, 0.3) is 0 Å². The molecule has 1 heterocycles. The zero-order valence-corrected chi connectivity index (χ0v) is 17.4.